The van der Waals surface area contributed by atoms with E-state index >= 15 is 0 Å². The molecule has 0 bridgehead atoms. The number of carbonyl (C=O) groups excluding carboxylic acids is 6. The number of ether oxygens (including phenoxy) is 2. The summed E-state index contributed by atoms with van der Waals surface area (Å²) in [5.74, 6) is -5.52. The first-order valence-corrected chi connectivity index (χ1v) is 26.6. The van der Waals surface area contributed by atoms with Crippen molar-refractivity contribution in [2.45, 2.75) is 66.3 Å². The van der Waals surface area contributed by atoms with Crippen LogP contribution in [-0.2, 0) is 35.2 Å². The van der Waals surface area contributed by atoms with Crippen LogP contribution in [0.2, 0.25) is 0 Å². The lowest BCUT2D eigenvalue weighted by Crippen LogP contribution is -2.41. The van der Waals surface area contributed by atoms with Gasteiger partial charge in [0.1, 0.15) is 23.3 Å². The van der Waals surface area contributed by atoms with Crippen LogP contribution in [0.15, 0.2) is 170 Å². The van der Waals surface area contributed by atoms with Crippen LogP contribution in [0.25, 0.3) is 27.2 Å². The van der Waals surface area contributed by atoms with Crippen molar-refractivity contribution in [2.75, 3.05) is 50.6 Å². The summed E-state index contributed by atoms with van der Waals surface area (Å²) in [5.41, 5.74) is 6.63. The van der Waals surface area contributed by atoms with Gasteiger partial charge in [0.2, 0.25) is 11.8 Å². The summed E-state index contributed by atoms with van der Waals surface area (Å²) >= 11 is 0. The zero-order chi connectivity index (χ0) is 58.1. The molecule has 7 aromatic rings. The molecular weight excluding hydrogens is 1020 g/mol. The van der Waals surface area contributed by atoms with E-state index in [1.54, 1.807) is 80.6 Å². The largest absolute Gasteiger partial charge is 0.464 e. The van der Waals surface area contributed by atoms with Gasteiger partial charge in [-0.05, 0) is 95.4 Å². The average Bonchev–Trinajstić information content (AvgIpc) is 3.90. The number of nitrogens with one attached hydrogen (secondary N) is 2. The molecule has 1 aliphatic rings. The Kier molecular flexibility index (Phi) is 24.4. The second-order valence-corrected chi connectivity index (χ2v) is 18.8. The van der Waals surface area contributed by atoms with Crippen LogP contribution in [0.1, 0.15) is 91.8 Å². The normalized spacial score (nSPS) is 12.3. The SMILES string of the molecule is CC.CC(C)C(=O)C(C(=O)Nc1ccccc1)C(C(=O)c1ccc(F)cc1)c1ccccc1.CC(C)c1c(C(=O)Nc2ccccc2)c(-c2ccccc2)c(-c2ccc(F)cc2)n1CCC(=O)N1CCOCC1.[C-]#[N+]CC(=O)OC. The highest BCUT2D eigenvalue weighted by atomic mass is 19.1. The number of halogens is 2. The van der Waals surface area contributed by atoms with Crippen molar-refractivity contribution in [2.24, 2.45) is 11.8 Å². The predicted octanol–water partition coefficient (Wildman–Crippen LogP) is 13.0. The van der Waals surface area contributed by atoms with E-state index in [2.05, 4.69) is 38.6 Å². The van der Waals surface area contributed by atoms with Crippen LogP contribution in [-0.4, -0.2) is 84.7 Å². The van der Waals surface area contributed by atoms with E-state index < -0.39 is 41.2 Å². The lowest BCUT2D eigenvalue weighted by atomic mass is 9.75. The van der Waals surface area contributed by atoms with Crippen molar-refractivity contribution in [3.63, 3.8) is 0 Å². The molecule has 6 aromatic carbocycles. The predicted molar refractivity (Wildman–Crippen MR) is 309 cm³/mol. The molecule has 0 aliphatic carbocycles. The van der Waals surface area contributed by atoms with E-state index in [1.807, 2.05) is 85.5 Å². The smallest absolute Gasteiger partial charge is 0.386 e. The molecule has 0 radical (unpaired) electrons. The first-order valence-electron chi connectivity index (χ1n) is 26.6. The highest BCUT2D eigenvalue weighted by molar-refractivity contribution is 6.15. The monoisotopic (exact) mass is 1090 g/mol. The van der Waals surface area contributed by atoms with Gasteiger partial charge in [-0.25, -0.2) is 20.1 Å². The van der Waals surface area contributed by atoms with Crippen molar-refractivity contribution in [1.82, 2.24) is 9.47 Å². The molecule has 2 heterocycles. The van der Waals surface area contributed by atoms with E-state index in [-0.39, 0.29) is 47.9 Å². The van der Waals surface area contributed by atoms with Gasteiger partial charge in [0.25, 0.3) is 5.91 Å². The molecular formula is C65H69F2N5O8. The lowest BCUT2D eigenvalue weighted by Gasteiger charge is -2.27. The Morgan fingerprint density at radius 1 is 0.662 bits per heavy atom. The van der Waals surface area contributed by atoms with Gasteiger partial charge in [-0.3, -0.25) is 24.0 Å². The number of para-hydroxylation sites is 2. The number of methoxy groups -OCH3 is 1. The summed E-state index contributed by atoms with van der Waals surface area (Å²) in [6.45, 7) is 20.1. The van der Waals surface area contributed by atoms with Crippen LogP contribution in [0.3, 0.4) is 0 Å². The number of anilines is 2. The molecule has 3 amide bonds. The van der Waals surface area contributed by atoms with Crippen LogP contribution in [0.4, 0.5) is 20.2 Å². The van der Waals surface area contributed by atoms with Gasteiger partial charge in [-0.1, -0.05) is 139 Å². The second kappa shape index (κ2) is 31.5. The Morgan fingerprint density at radius 3 is 1.65 bits per heavy atom. The van der Waals surface area contributed by atoms with Crippen molar-refractivity contribution < 1.29 is 47.0 Å². The highest BCUT2D eigenvalue weighted by Gasteiger charge is 2.41. The summed E-state index contributed by atoms with van der Waals surface area (Å²) in [4.78, 5) is 82.0. The van der Waals surface area contributed by atoms with E-state index in [0.717, 1.165) is 28.1 Å². The third kappa shape index (κ3) is 17.1. The van der Waals surface area contributed by atoms with E-state index in [9.17, 15) is 37.5 Å². The summed E-state index contributed by atoms with van der Waals surface area (Å²) in [6, 6.07) is 48.2. The Bertz CT molecular complexity index is 3160. The minimum atomic E-state index is -1.24. The topological polar surface area (TPSA) is 157 Å². The quantitative estimate of drug-likeness (QED) is 0.0395. The third-order valence-corrected chi connectivity index (χ3v) is 12.7. The summed E-state index contributed by atoms with van der Waals surface area (Å²) < 4.78 is 39.1. The molecule has 1 saturated heterocycles. The van der Waals surface area contributed by atoms with Gasteiger partial charge in [0.05, 0.1) is 37.5 Å². The maximum atomic E-state index is 14.1. The van der Waals surface area contributed by atoms with E-state index in [0.29, 0.717) is 55.3 Å². The number of ketones is 2. The highest BCUT2D eigenvalue weighted by Crippen LogP contribution is 2.43. The van der Waals surface area contributed by atoms with Crippen molar-refractivity contribution >= 4 is 46.6 Å². The Labute approximate surface area is 467 Å². The maximum absolute atomic E-state index is 14.1. The maximum Gasteiger partial charge on any atom is 0.386 e. The lowest BCUT2D eigenvalue weighted by molar-refractivity contribution is -0.138. The standard InChI is InChI=1S/C33H34FN3O3.C26H24FNO3.C4H5NO2.C2H6/c1-23(2)31-30(33(39)35-27-11-7-4-8-12-27)29(24-9-5-3-6-10-24)32(25-13-15-26(34)16-14-25)37(31)18-17-28(38)36-19-21-40-22-20-36;1-17(2)24(29)23(26(31)28-21-11-7-4-8-12-21)22(18-9-5-3-6-10-18)25(30)19-13-15-20(27)16-14-19;1-5-3-4(6)7-2;1-2/h3-16,23H,17-22H2,1-2H3,(H,35,39);3-17,22-23H,1-2H3,(H,28,31);3H2,2H3;1-2H3. The van der Waals surface area contributed by atoms with Gasteiger partial charge in [0, 0.05) is 60.2 Å². The van der Waals surface area contributed by atoms with E-state index in [1.165, 1.54) is 43.5 Å². The molecule has 13 nitrogen and oxygen atoms in total. The number of morpholine rings is 1. The molecule has 2 unspecified atom stereocenters. The van der Waals surface area contributed by atoms with Crippen LogP contribution >= 0.6 is 0 Å². The molecule has 8 rings (SSSR count). The van der Waals surface area contributed by atoms with Crippen molar-refractivity contribution in [3.8, 4) is 22.4 Å². The number of esters is 1. The molecule has 0 spiro atoms. The van der Waals surface area contributed by atoms with Crippen molar-refractivity contribution in [3.05, 3.63) is 215 Å². The third-order valence-electron chi connectivity index (χ3n) is 12.7. The molecule has 2 N–H and O–H groups in total. The summed E-state index contributed by atoms with van der Waals surface area (Å²) in [7, 11) is 1.26. The van der Waals surface area contributed by atoms with Crippen LogP contribution in [0.5, 0.6) is 0 Å². The number of amides is 3. The fraction of sp³-hybridized carbons (Fsp3) is 0.277. The first kappa shape index (κ1) is 62.0. The molecule has 1 fully saturated rings. The summed E-state index contributed by atoms with van der Waals surface area (Å²) in [5, 5.41) is 5.85. The number of benzene rings is 6. The van der Waals surface area contributed by atoms with Gasteiger partial charge in [0.15, 0.2) is 5.78 Å². The first-order chi connectivity index (χ1) is 38.6. The summed E-state index contributed by atoms with van der Waals surface area (Å²) in [6.07, 6.45) is 0.274. The number of rotatable bonds is 17. The Balaban J connectivity index is 0.000000262. The van der Waals surface area contributed by atoms with Crippen LogP contribution < -0.4 is 10.6 Å². The molecule has 0 saturated carbocycles. The number of aromatic nitrogens is 1. The van der Waals surface area contributed by atoms with Gasteiger partial charge >= 0.3 is 12.5 Å². The number of hydrogen-bond acceptors (Lipinski definition) is 8. The number of nitrogens with zero attached hydrogens (tertiary/aromatic N) is 3. The second-order valence-electron chi connectivity index (χ2n) is 18.8. The molecule has 2 atom stereocenters. The Hall–Kier alpha value is -8.87. The van der Waals surface area contributed by atoms with Gasteiger partial charge in [-0.15, -0.1) is 0 Å². The van der Waals surface area contributed by atoms with Crippen LogP contribution in [0, 0.1) is 30.0 Å². The minimum absolute atomic E-state index is 0.0355. The molecule has 80 heavy (non-hydrogen) atoms. The minimum Gasteiger partial charge on any atom is -0.464 e. The molecule has 15 heteroatoms. The number of Topliss-reactive ketones (excluding diaryl/α,β-unsaturated/α-hetero) is 2. The average molecular weight is 1090 g/mol. The zero-order valence-corrected chi connectivity index (χ0v) is 46.3. The van der Waals surface area contributed by atoms with Gasteiger partial charge in [-0.2, -0.15) is 0 Å². The number of carbonyl (C=O) groups is 6. The fourth-order valence-corrected chi connectivity index (χ4v) is 9.01. The van der Waals surface area contributed by atoms with Crippen molar-refractivity contribution in [1.29, 1.82) is 0 Å². The zero-order valence-electron chi connectivity index (χ0n) is 46.3. The fourth-order valence-electron chi connectivity index (χ4n) is 9.01. The number of hydrogen-bond donors (Lipinski definition) is 2. The molecule has 1 aliphatic heterocycles. The molecule has 1 aromatic heterocycles. The molecule has 416 valence electrons. The Morgan fingerprint density at radius 2 is 1.16 bits per heavy atom. The van der Waals surface area contributed by atoms with Gasteiger partial charge < -0.3 is 34.4 Å². The van der Waals surface area contributed by atoms with E-state index in [4.69, 9.17) is 11.3 Å².